The van der Waals surface area contributed by atoms with E-state index in [2.05, 4.69) is 16.4 Å². The maximum Gasteiger partial charge on any atom is 0.230 e. The van der Waals surface area contributed by atoms with E-state index in [0.717, 1.165) is 36.4 Å². The molecule has 0 bridgehead atoms. The zero-order chi connectivity index (χ0) is 16.1. The minimum absolute atomic E-state index is 0.0839. The Morgan fingerprint density at radius 3 is 3.09 bits per heavy atom. The number of nitrogen functional groups attached to an aromatic ring is 1. The number of thioether (sulfide) groups is 1. The molecular weight excluding hydrogens is 306 g/mol. The molecule has 2 aromatic rings. The Morgan fingerprint density at radius 1 is 1.35 bits per heavy atom. The first-order valence-electron chi connectivity index (χ1n) is 7.87. The van der Waals surface area contributed by atoms with Crippen molar-refractivity contribution in [2.75, 3.05) is 11.5 Å². The summed E-state index contributed by atoms with van der Waals surface area (Å²) in [6, 6.07) is 12.0. The van der Waals surface area contributed by atoms with Crippen LogP contribution in [0.1, 0.15) is 35.7 Å². The molecule has 1 unspecified atom stereocenters. The fourth-order valence-electron chi connectivity index (χ4n) is 2.95. The lowest BCUT2D eigenvalue weighted by Crippen LogP contribution is -2.32. The van der Waals surface area contributed by atoms with E-state index in [4.69, 9.17) is 5.73 Å². The van der Waals surface area contributed by atoms with Gasteiger partial charge in [-0.3, -0.25) is 9.78 Å². The summed E-state index contributed by atoms with van der Waals surface area (Å²) in [6.45, 7) is 0. The number of amides is 1. The van der Waals surface area contributed by atoms with Crippen LogP contribution < -0.4 is 11.1 Å². The lowest BCUT2D eigenvalue weighted by molar-refractivity contribution is -0.119. The predicted molar refractivity (Wildman–Crippen MR) is 95.1 cm³/mol. The monoisotopic (exact) mass is 327 g/mol. The average molecular weight is 327 g/mol. The molecule has 1 aromatic carbocycles. The highest BCUT2D eigenvalue weighted by atomic mass is 32.2. The molecule has 0 aliphatic heterocycles. The van der Waals surface area contributed by atoms with Crippen molar-refractivity contribution < 1.29 is 4.79 Å². The fourth-order valence-corrected chi connectivity index (χ4v) is 3.70. The van der Waals surface area contributed by atoms with E-state index in [1.807, 2.05) is 30.3 Å². The molecule has 1 heterocycles. The van der Waals surface area contributed by atoms with Gasteiger partial charge in [-0.1, -0.05) is 12.1 Å². The molecule has 23 heavy (non-hydrogen) atoms. The molecule has 0 saturated carbocycles. The third-order valence-corrected chi connectivity index (χ3v) is 4.99. The summed E-state index contributed by atoms with van der Waals surface area (Å²) >= 11 is 1.59. The van der Waals surface area contributed by atoms with E-state index in [1.165, 1.54) is 11.1 Å². The smallest absolute Gasteiger partial charge is 0.230 e. The van der Waals surface area contributed by atoms with E-state index in [9.17, 15) is 4.79 Å². The Morgan fingerprint density at radius 2 is 2.26 bits per heavy atom. The molecular formula is C18H21N3OS. The standard InChI is InChI=1S/C18H21N3OS/c19-14-7-8-16-13(10-14)4-3-6-17(16)21-18(22)12-23-11-15-5-1-2-9-20-15/h1-2,5,7-10,17H,3-4,6,11-12,19H2,(H,21,22). The second-order valence-electron chi connectivity index (χ2n) is 5.78. The van der Waals surface area contributed by atoms with Crippen LogP contribution in [0.25, 0.3) is 0 Å². The normalized spacial score (nSPS) is 16.6. The maximum absolute atomic E-state index is 12.2. The van der Waals surface area contributed by atoms with Crippen molar-refractivity contribution in [3.63, 3.8) is 0 Å². The van der Waals surface area contributed by atoms with Crippen LogP contribution in [0.3, 0.4) is 0 Å². The number of hydrogen-bond acceptors (Lipinski definition) is 4. The lowest BCUT2D eigenvalue weighted by atomic mass is 9.87. The van der Waals surface area contributed by atoms with Gasteiger partial charge in [-0.15, -0.1) is 11.8 Å². The second-order valence-corrected chi connectivity index (χ2v) is 6.77. The second kappa shape index (κ2) is 7.51. The summed E-state index contributed by atoms with van der Waals surface area (Å²) in [6.07, 6.45) is 4.90. The molecule has 1 aliphatic carbocycles. The van der Waals surface area contributed by atoms with Gasteiger partial charge < -0.3 is 11.1 Å². The van der Waals surface area contributed by atoms with E-state index in [-0.39, 0.29) is 11.9 Å². The maximum atomic E-state index is 12.2. The van der Waals surface area contributed by atoms with Gasteiger partial charge in [0.25, 0.3) is 0 Å². The molecule has 1 aromatic heterocycles. The molecule has 1 atom stereocenters. The van der Waals surface area contributed by atoms with Gasteiger partial charge in [-0.05, 0) is 54.7 Å². The van der Waals surface area contributed by atoms with Crippen LogP contribution >= 0.6 is 11.8 Å². The Kier molecular flexibility index (Phi) is 5.18. The summed E-state index contributed by atoms with van der Waals surface area (Å²) in [5.74, 6) is 1.30. The molecule has 3 N–H and O–H groups in total. The SMILES string of the molecule is Nc1ccc2c(c1)CCCC2NC(=O)CSCc1ccccn1. The summed E-state index contributed by atoms with van der Waals surface area (Å²) in [5.41, 5.74) is 10.1. The van der Waals surface area contributed by atoms with Crippen LogP contribution in [0.15, 0.2) is 42.6 Å². The molecule has 0 saturated heterocycles. The van der Waals surface area contributed by atoms with Crippen molar-refractivity contribution >= 4 is 23.4 Å². The number of rotatable bonds is 5. The topological polar surface area (TPSA) is 68.0 Å². The minimum Gasteiger partial charge on any atom is -0.399 e. The fraction of sp³-hybridized carbons (Fsp3) is 0.333. The third kappa shape index (κ3) is 4.26. The van der Waals surface area contributed by atoms with Crippen LogP contribution in [0.2, 0.25) is 0 Å². The quantitative estimate of drug-likeness (QED) is 0.828. The Hall–Kier alpha value is -2.01. The Bertz CT molecular complexity index is 675. The highest BCUT2D eigenvalue weighted by Crippen LogP contribution is 2.31. The van der Waals surface area contributed by atoms with E-state index in [1.54, 1.807) is 18.0 Å². The average Bonchev–Trinajstić information content (AvgIpc) is 2.56. The van der Waals surface area contributed by atoms with Crippen LogP contribution in [-0.4, -0.2) is 16.6 Å². The zero-order valence-electron chi connectivity index (χ0n) is 13.0. The number of nitrogens with two attached hydrogens (primary N) is 1. The molecule has 4 nitrogen and oxygen atoms in total. The van der Waals surface area contributed by atoms with Gasteiger partial charge >= 0.3 is 0 Å². The van der Waals surface area contributed by atoms with E-state index < -0.39 is 0 Å². The number of nitrogens with one attached hydrogen (secondary N) is 1. The summed E-state index contributed by atoms with van der Waals surface area (Å²) in [4.78, 5) is 16.5. The molecule has 0 spiro atoms. The number of aryl methyl sites for hydroxylation is 1. The molecule has 0 fully saturated rings. The van der Waals surface area contributed by atoms with Crippen molar-refractivity contribution in [1.29, 1.82) is 0 Å². The first-order valence-corrected chi connectivity index (χ1v) is 9.03. The predicted octanol–water partition coefficient (Wildman–Crippen LogP) is 3.09. The number of anilines is 1. The third-order valence-electron chi connectivity index (χ3n) is 4.03. The molecule has 3 rings (SSSR count). The van der Waals surface area contributed by atoms with Crippen LogP contribution in [0, 0.1) is 0 Å². The first kappa shape index (κ1) is 15.9. The summed E-state index contributed by atoms with van der Waals surface area (Å²) in [7, 11) is 0. The number of pyridine rings is 1. The van der Waals surface area contributed by atoms with Gasteiger partial charge in [0.2, 0.25) is 5.91 Å². The molecule has 5 heteroatoms. The zero-order valence-corrected chi connectivity index (χ0v) is 13.8. The first-order chi connectivity index (χ1) is 11.2. The molecule has 1 amide bonds. The number of benzene rings is 1. The molecule has 1 aliphatic rings. The number of nitrogens with zero attached hydrogens (tertiary/aromatic N) is 1. The number of aromatic nitrogens is 1. The number of carbonyl (C=O) groups is 1. The van der Waals surface area contributed by atoms with Crippen molar-refractivity contribution in [2.24, 2.45) is 0 Å². The highest BCUT2D eigenvalue weighted by molar-refractivity contribution is 7.99. The summed E-state index contributed by atoms with van der Waals surface area (Å²) < 4.78 is 0. The van der Waals surface area contributed by atoms with Gasteiger partial charge in [0.05, 0.1) is 17.5 Å². The van der Waals surface area contributed by atoms with Gasteiger partial charge in [0.15, 0.2) is 0 Å². The van der Waals surface area contributed by atoms with E-state index >= 15 is 0 Å². The Labute approximate surface area is 140 Å². The van der Waals surface area contributed by atoms with Gasteiger partial charge in [-0.25, -0.2) is 0 Å². The van der Waals surface area contributed by atoms with Crippen molar-refractivity contribution in [3.8, 4) is 0 Å². The highest BCUT2D eigenvalue weighted by Gasteiger charge is 2.21. The molecule has 0 radical (unpaired) electrons. The van der Waals surface area contributed by atoms with Gasteiger partial charge in [0, 0.05) is 17.6 Å². The Balaban J connectivity index is 1.53. The van der Waals surface area contributed by atoms with Gasteiger partial charge in [-0.2, -0.15) is 0 Å². The van der Waals surface area contributed by atoms with E-state index in [0.29, 0.717) is 5.75 Å². The van der Waals surface area contributed by atoms with Gasteiger partial charge in [0.1, 0.15) is 0 Å². The minimum atomic E-state index is 0.0839. The lowest BCUT2D eigenvalue weighted by Gasteiger charge is -2.26. The largest absolute Gasteiger partial charge is 0.399 e. The molecule has 120 valence electrons. The van der Waals surface area contributed by atoms with Crippen molar-refractivity contribution in [3.05, 3.63) is 59.4 Å². The number of hydrogen-bond donors (Lipinski definition) is 2. The number of fused-ring (bicyclic) bond motifs is 1. The van der Waals surface area contributed by atoms with Crippen LogP contribution in [0.5, 0.6) is 0 Å². The number of carbonyl (C=O) groups excluding carboxylic acids is 1. The summed E-state index contributed by atoms with van der Waals surface area (Å²) in [5, 5.41) is 3.16. The van der Waals surface area contributed by atoms with Crippen molar-refractivity contribution in [2.45, 2.75) is 31.1 Å². The van der Waals surface area contributed by atoms with Crippen LogP contribution in [-0.2, 0) is 17.0 Å². The van der Waals surface area contributed by atoms with Crippen LogP contribution in [0.4, 0.5) is 5.69 Å². The van der Waals surface area contributed by atoms with Crippen molar-refractivity contribution in [1.82, 2.24) is 10.3 Å².